The molecule has 0 aliphatic carbocycles. The van der Waals surface area contributed by atoms with E-state index in [1.54, 1.807) is 12.1 Å². The standard InChI is InChI=1S/C9H13O5P/c1-12-15(10,11)14-8-7-13-9-5-3-2-4-6-9/h2-6H,7-8H2,1H3,(H,10,11). The third-order valence-corrected chi connectivity index (χ3v) is 2.55. The molecule has 1 rings (SSSR count). The second-order valence-electron chi connectivity index (χ2n) is 2.65. The smallest absolute Gasteiger partial charge is 0.472 e. The molecule has 0 amide bonds. The van der Waals surface area contributed by atoms with Crippen molar-refractivity contribution in [3.05, 3.63) is 30.3 Å². The van der Waals surface area contributed by atoms with Crippen molar-refractivity contribution in [3.63, 3.8) is 0 Å². The minimum Gasteiger partial charge on any atom is -0.491 e. The van der Waals surface area contributed by atoms with Gasteiger partial charge in [-0.1, -0.05) is 18.2 Å². The van der Waals surface area contributed by atoms with Crippen molar-refractivity contribution in [1.82, 2.24) is 0 Å². The molecule has 0 aliphatic heterocycles. The quantitative estimate of drug-likeness (QED) is 0.598. The molecule has 0 saturated heterocycles. The van der Waals surface area contributed by atoms with Crippen molar-refractivity contribution >= 4 is 7.82 Å². The highest BCUT2D eigenvalue weighted by Gasteiger charge is 2.17. The molecule has 84 valence electrons. The van der Waals surface area contributed by atoms with Crippen LogP contribution in [0, 0.1) is 0 Å². The van der Waals surface area contributed by atoms with E-state index >= 15 is 0 Å². The summed E-state index contributed by atoms with van der Waals surface area (Å²) >= 11 is 0. The van der Waals surface area contributed by atoms with Crippen LogP contribution in [0.25, 0.3) is 0 Å². The number of phosphoric acid groups is 1. The fourth-order valence-electron chi connectivity index (χ4n) is 0.882. The Labute approximate surface area is 88.2 Å². The lowest BCUT2D eigenvalue weighted by Gasteiger charge is -2.09. The van der Waals surface area contributed by atoms with Crippen molar-refractivity contribution in [3.8, 4) is 5.75 Å². The highest BCUT2D eigenvalue weighted by atomic mass is 31.2. The maximum absolute atomic E-state index is 10.8. The first-order chi connectivity index (χ1) is 7.14. The summed E-state index contributed by atoms with van der Waals surface area (Å²) in [5.74, 6) is 0.686. The van der Waals surface area contributed by atoms with Gasteiger partial charge in [0.05, 0.1) is 6.61 Å². The minimum atomic E-state index is -3.87. The molecule has 0 aliphatic rings. The Balaban J connectivity index is 2.21. The Morgan fingerprint density at radius 2 is 1.93 bits per heavy atom. The fraction of sp³-hybridized carbons (Fsp3) is 0.333. The Kier molecular flexibility index (Phi) is 4.78. The van der Waals surface area contributed by atoms with Gasteiger partial charge in [-0.3, -0.25) is 9.05 Å². The molecule has 5 nitrogen and oxygen atoms in total. The van der Waals surface area contributed by atoms with Gasteiger partial charge >= 0.3 is 7.82 Å². The van der Waals surface area contributed by atoms with Gasteiger partial charge in [-0.25, -0.2) is 4.57 Å². The first kappa shape index (κ1) is 12.2. The van der Waals surface area contributed by atoms with E-state index in [0.717, 1.165) is 7.11 Å². The molecule has 0 radical (unpaired) electrons. The van der Waals surface area contributed by atoms with Crippen LogP contribution in [0.2, 0.25) is 0 Å². The predicted octanol–water partition coefficient (Wildman–Crippen LogP) is 1.83. The molecule has 1 aromatic rings. The number of hydrogen-bond acceptors (Lipinski definition) is 4. The van der Waals surface area contributed by atoms with Crippen molar-refractivity contribution < 1.29 is 23.2 Å². The molecule has 1 N–H and O–H groups in total. The lowest BCUT2D eigenvalue weighted by Crippen LogP contribution is -2.05. The van der Waals surface area contributed by atoms with Crippen LogP contribution in [0.5, 0.6) is 5.75 Å². The topological polar surface area (TPSA) is 65.0 Å². The second-order valence-corrected chi connectivity index (χ2v) is 4.21. The summed E-state index contributed by atoms with van der Waals surface area (Å²) in [4.78, 5) is 8.88. The average molecular weight is 232 g/mol. The van der Waals surface area contributed by atoms with E-state index < -0.39 is 7.82 Å². The predicted molar refractivity (Wildman–Crippen MR) is 54.7 cm³/mol. The van der Waals surface area contributed by atoms with Crippen molar-refractivity contribution in [2.24, 2.45) is 0 Å². The van der Waals surface area contributed by atoms with Gasteiger partial charge in [0.2, 0.25) is 0 Å². The van der Waals surface area contributed by atoms with Gasteiger partial charge < -0.3 is 9.63 Å². The molecule has 0 spiro atoms. The van der Waals surface area contributed by atoms with Crippen molar-refractivity contribution in [1.29, 1.82) is 0 Å². The molecule has 1 aromatic carbocycles. The first-order valence-corrected chi connectivity index (χ1v) is 5.84. The summed E-state index contributed by atoms with van der Waals surface area (Å²) in [7, 11) is -2.76. The fourth-order valence-corrected chi connectivity index (χ4v) is 1.29. The van der Waals surface area contributed by atoms with E-state index in [1.807, 2.05) is 18.2 Å². The number of para-hydroxylation sites is 1. The number of ether oxygens (including phenoxy) is 1. The third-order valence-electron chi connectivity index (χ3n) is 1.58. The number of rotatable bonds is 6. The van der Waals surface area contributed by atoms with E-state index in [0.29, 0.717) is 5.75 Å². The Morgan fingerprint density at radius 1 is 1.27 bits per heavy atom. The van der Waals surface area contributed by atoms with E-state index in [1.165, 1.54) is 0 Å². The zero-order chi connectivity index (χ0) is 11.1. The maximum Gasteiger partial charge on any atom is 0.472 e. The summed E-state index contributed by atoms with van der Waals surface area (Å²) in [6, 6.07) is 9.12. The van der Waals surface area contributed by atoms with Crippen LogP contribution in [-0.2, 0) is 13.6 Å². The monoisotopic (exact) mass is 232 g/mol. The van der Waals surface area contributed by atoms with Gasteiger partial charge in [-0.05, 0) is 12.1 Å². The molecule has 0 aromatic heterocycles. The van der Waals surface area contributed by atoms with Gasteiger partial charge in [-0.15, -0.1) is 0 Å². The molecule has 15 heavy (non-hydrogen) atoms. The van der Waals surface area contributed by atoms with Crippen LogP contribution in [0.15, 0.2) is 30.3 Å². The van der Waals surface area contributed by atoms with Crippen molar-refractivity contribution in [2.75, 3.05) is 20.3 Å². The summed E-state index contributed by atoms with van der Waals surface area (Å²) < 4.78 is 24.9. The average Bonchev–Trinajstić information content (AvgIpc) is 2.26. The molecule has 0 bridgehead atoms. The zero-order valence-corrected chi connectivity index (χ0v) is 9.22. The van der Waals surface area contributed by atoms with Crippen LogP contribution in [-0.4, -0.2) is 25.2 Å². The molecular formula is C9H13O5P. The van der Waals surface area contributed by atoms with Gasteiger partial charge in [0, 0.05) is 7.11 Å². The summed E-state index contributed by atoms with van der Waals surface area (Å²) in [5, 5.41) is 0. The minimum absolute atomic E-state index is 0.00346. The van der Waals surface area contributed by atoms with Crippen LogP contribution in [0.4, 0.5) is 0 Å². The molecular weight excluding hydrogens is 219 g/mol. The van der Waals surface area contributed by atoms with E-state index in [-0.39, 0.29) is 13.2 Å². The van der Waals surface area contributed by atoms with Crippen LogP contribution in [0.1, 0.15) is 0 Å². The van der Waals surface area contributed by atoms with Gasteiger partial charge in [0.15, 0.2) is 0 Å². The highest BCUT2D eigenvalue weighted by Crippen LogP contribution is 2.41. The van der Waals surface area contributed by atoms with Gasteiger partial charge in [0.1, 0.15) is 12.4 Å². The van der Waals surface area contributed by atoms with Crippen LogP contribution in [0.3, 0.4) is 0 Å². The van der Waals surface area contributed by atoms with Crippen molar-refractivity contribution in [2.45, 2.75) is 0 Å². The molecule has 1 atom stereocenters. The maximum atomic E-state index is 10.8. The Morgan fingerprint density at radius 3 is 2.53 bits per heavy atom. The van der Waals surface area contributed by atoms with E-state index in [4.69, 9.17) is 9.63 Å². The summed E-state index contributed by atoms with van der Waals surface area (Å²) in [6.45, 7) is 0.189. The molecule has 6 heteroatoms. The van der Waals surface area contributed by atoms with Crippen LogP contribution < -0.4 is 4.74 Å². The highest BCUT2D eigenvalue weighted by molar-refractivity contribution is 7.47. The molecule has 0 fully saturated rings. The third kappa shape index (κ3) is 4.95. The molecule has 0 heterocycles. The largest absolute Gasteiger partial charge is 0.491 e. The van der Waals surface area contributed by atoms with Gasteiger partial charge in [0.25, 0.3) is 0 Å². The van der Waals surface area contributed by atoms with Crippen LogP contribution >= 0.6 is 7.82 Å². The van der Waals surface area contributed by atoms with Gasteiger partial charge in [-0.2, -0.15) is 0 Å². The number of hydrogen-bond donors (Lipinski definition) is 1. The van der Waals surface area contributed by atoms with E-state index in [2.05, 4.69) is 9.05 Å². The summed E-state index contributed by atoms with van der Waals surface area (Å²) in [6.07, 6.45) is 0. The van der Waals surface area contributed by atoms with E-state index in [9.17, 15) is 4.57 Å². The molecule has 0 saturated carbocycles. The summed E-state index contributed by atoms with van der Waals surface area (Å²) in [5.41, 5.74) is 0. The lowest BCUT2D eigenvalue weighted by atomic mass is 10.3. The first-order valence-electron chi connectivity index (χ1n) is 4.35. The second kappa shape index (κ2) is 5.88. The zero-order valence-electron chi connectivity index (χ0n) is 8.33. The Bertz CT molecular complexity index is 327. The lowest BCUT2D eigenvalue weighted by molar-refractivity contribution is 0.145. The normalized spacial score (nSPS) is 14.5. The number of phosphoric ester groups is 1. The molecule has 1 unspecified atom stereocenters. The SMILES string of the molecule is COP(=O)(O)OCCOc1ccccc1. The number of benzene rings is 1. The Hall–Kier alpha value is -0.870.